The van der Waals surface area contributed by atoms with Gasteiger partial charge in [-0.25, -0.2) is 13.1 Å². The summed E-state index contributed by atoms with van der Waals surface area (Å²) in [6.45, 7) is 3.64. The first-order valence-electron chi connectivity index (χ1n) is 6.05. The molecule has 0 saturated heterocycles. The van der Waals surface area contributed by atoms with Gasteiger partial charge in [-0.15, -0.1) is 0 Å². The van der Waals surface area contributed by atoms with Crippen LogP contribution in [-0.4, -0.2) is 39.4 Å². The molecule has 5 nitrogen and oxygen atoms in total. The predicted octanol–water partition coefficient (Wildman–Crippen LogP) is 1.06. The minimum Gasteiger partial charge on any atom is -0.389 e. The maximum Gasteiger partial charge on any atom is 0.240 e. The average Bonchev–Trinajstić information content (AvgIpc) is 2.35. The minimum absolute atomic E-state index is 0.0486. The van der Waals surface area contributed by atoms with Crippen molar-refractivity contribution in [3.05, 3.63) is 29.8 Å². The van der Waals surface area contributed by atoms with Crippen LogP contribution in [0.5, 0.6) is 0 Å². The molecule has 0 aromatic heterocycles. The van der Waals surface area contributed by atoms with Crippen molar-refractivity contribution in [2.45, 2.75) is 30.8 Å². The molecule has 0 aliphatic heterocycles. The second-order valence-corrected chi connectivity index (χ2v) is 6.57. The molecular formula is C13H21NO4S. The molecular weight excluding hydrogens is 266 g/mol. The summed E-state index contributed by atoms with van der Waals surface area (Å²) in [5, 5.41) is 10.0. The Balaban J connectivity index is 2.74. The quantitative estimate of drug-likeness (QED) is 0.786. The van der Waals surface area contributed by atoms with E-state index in [4.69, 9.17) is 4.74 Å². The Morgan fingerprint density at radius 2 is 2.00 bits per heavy atom. The van der Waals surface area contributed by atoms with E-state index >= 15 is 0 Å². The number of nitrogens with one attached hydrogen (secondary N) is 1. The van der Waals surface area contributed by atoms with Crippen LogP contribution in [0.15, 0.2) is 29.2 Å². The Labute approximate surface area is 114 Å². The molecule has 0 fully saturated rings. The Morgan fingerprint density at radius 1 is 1.37 bits per heavy atom. The number of methoxy groups -OCH3 is 1. The highest BCUT2D eigenvalue weighted by Gasteiger charge is 2.24. The van der Waals surface area contributed by atoms with Crippen molar-refractivity contribution < 1.29 is 18.3 Å². The number of hydrogen-bond donors (Lipinski definition) is 2. The van der Waals surface area contributed by atoms with Crippen molar-refractivity contribution in [1.29, 1.82) is 0 Å². The molecule has 0 saturated carbocycles. The topological polar surface area (TPSA) is 75.6 Å². The number of hydrogen-bond acceptors (Lipinski definition) is 4. The van der Waals surface area contributed by atoms with Gasteiger partial charge in [0.15, 0.2) is 0 Å². The number of rotatable bonds is 7. The van der Waals surface area contributed by atoms with Gasteiger partial charge >= 0.3 is 0 Å². The summed E-state index contributed by atoms with van der Waals surface area (Å²) >= 11 is 0. The number of benzene rings is 1. The first kappa shape index (κ1) is 16.1. The molecule has 1 aromatic rings. The van der Waals surface area contributed by atoms with Crippen LogP contribution in [0.3, 0.4) is 0 Å². The lowest BCUT2D eigenvalue weighted by Gasteiger charge is -2.23. The van der Waals surface area contributed by atoms with Gasteiger partial charge in [-0.05, 0) is 25.5 Å². The molecule has 1 rings (SSSR count). The molecule has 1 aromatic carbocycles. The molecule has 0 spiro atoms. The van der Waals surface area contributed by atoms with Gasteiger partial charge in [-0.1, -0.05) is 18.2 Å². The number of aryl methyl sites for hydroxylation is 1. The van der Waals surface area contributed by atoms with Gasteiger partial charge in [0.25, 0.3) is 0 Å². The van der Waals surface area contributed by atoms with E-state index in [1.165, 1.54) is 7.11 Å². The zero-order valence-corrected chi connectivity index (χ0v) is 12.3. The highest BCUT2D eigenvalue weighted by Crippen LogP contribution is 2.15. The van der Waals surface area contributed by atoms with Crippen molar-refractivity contribution in [3.8, 4) is 0 Å². The molecule has 1 unspecified atom stereocenters. The standard InChI is InChI=1S/C13H21NO4S/c1-11-6-4-5-7-12(11)19(16,17)14-10-13(2,15)8-9-18-3/h4-7,14-15H,8-10H2,1-3H3. The van der Waals surface area contributed by atoms with Crippen molar-refractivity contribution >= 4 is 10.0 Å². The van der Waals surface area contributed by atoms with Crippen molar-refractivity contribution in [2.24, 2.45) is 0 Å². The second-order valence-electron chi connectivity index (χ2n) is 4.83. The van der Waals surface area contributed by atoms with E-state index in [9.17, 15) is 13.5 Å². The van der Waals surface area contributed by atoms with E-state index in [1.54, 1.807) is 38.1 Å². The Hall–Kier alpha value is -0.950. The summed E-state index contributed by atoms with van der Waals surface area (Å²) in [6.07, 6.45) is 0.361. The first-order valence-corrected chi connectivity index (χ1v) is 7.53. The molecule has 0 heterocycles. The first-order chi connectivity index (χ1) is 8.78. The highest BCUT2D eigenvalue weighted by molar-refractivity contribution is 7.89. The van der Waals surface area contributed by atoms with E-state index in [0.29, 0.717) is 18.6 Å². The van der Waals surface area contributed by atoms with Crippen LogP contribution < -0.4 is 4.72 Å². The number of ether oxygens (including phenoxy) is 1. The highest BCUT2D eigenvalue weighted by atomic mass is 32.2. The predicted molar refractivity (Wildman–Crippen MR) is 73.5 cm³/mol. The monoisotopic (exact) mass is 287 g/mol. The third kappa shape index (κ3) is 4.91. The Kier molecular flexibility index (Phi) is 5.49. The molecule has 2 N–H and O–H groups in total. The van der Waals surface area contributed by atoms with Crippen molar-refractivity contribution in [1.82, 2.24) is 4.72 Å². The average molecular weight is 287 g/mol. The molecule has 6 heteroatoms. The third-order valence-corrected chi connectivity index (χ3v) is 4.43. The summed E-state index contributed by atoms with van der Waals surface area (Å²) in [6, 6.07) is 6.73. The summed E-state index contributed by atoms with van der Waals surface area (Å²) in [5.41, 5.74) is -0.460. The molecule has 19 heavy (non-hydrogen) atoms. The maximum atomic E-state index is 12.1. The zero-order chi connectivity index (χ0) is 14.5. The second kappa shape index (κ2) is 6.47. The SMILES string of the molecule is COCCC(C)(O)CNS(=O)(=O)c1ccccc1C. The molecule has 0 aliphatic carbocycles. The fourth-order valence-electron chi connectivity index (χ4n) is 1.60. The summed E-state index contributed by atoms with van der Waals surface area (Å²) < 4.78 is 31.5. The van der Waals surface area contributed by atoms with Crippen molar-refractivity contribution in [3.63, 3.8) is 0 Å². The molecule has 1 atom stereocenters. The normalized spacial score (nSPS) is 15.2. The van der Waals surface area contributed by atoms with E-state index in [-0.39, 0.29) is 11.4 Å². The van der Waals surface area contributed by atoms with Crippen LogP contribution in [0.25, 0.3) is 0 Å². The fraction of sp³-hybridized carbons (Fsp3) is 0.538. The lowest BCUT2D eigenvalue weighted by atomic mass is 10.0. The van der Waals surface area contributed by atoms with Crippen LogP contribution in [0.4, 0.5) is 0 Å². The number of aliphatic hydroxyl groups is 1. The third-order valence-electron chi connectivity index (χ3n) is 2.87. The van der Waals surface area contributed by atoms with Crippen LogP contribution in [0.1, 0.15) is 18.9 Å². The van der Waals surface area contributed by atoms with E-state index in [0.717, 1.165) is 0 Å². The van der Waals surface area contributed by atoms with Gasteiger partial charge in [-0.2, -0.15) is 0 Å². The molecule has 108 valence electrons. The van der Waals surface area contributed by atoms with Gasteiger partial charge < -0.3 is 9.84 Å². The lowest BCUT2D eigenvalue weighted by Crippen LogP contribution is -2.41. The Morgan fingerprint density at radius 3 is 2.58 bits per heavy atom. The van der Waals surface area contributed by atoms with Crippen LogP contribution in [0, 0.1) is 6.92 Å². The molecule has 0 aliphatic rings. The van der Waals surface area contributed by atoms with Crippen LogP contribution >= 0.6 is 0 Å². The summed E-state index contributed by atoms with van der Waals surface area (Å²) in [4.78, 5) is 0.234. The summed E-state index contributed by atoms with van der Waals surface area (Å²) in [5.74, 6) is 0. The smallest absolute Gasteiger partial charge is 0.240 e. The number of sulfonamides is 1. The summed E-state index contributed by atoms with van der Waals surface area (Å²) in [7, 11) is -2.06. The lowest BCUT2D eigenvalue weighted by molar-refractivity contribution is 0.0292. The van der Waals surface area contributed by atoms with Gasteiger partial charge in [0.05, 0.1) is 10.5 Å². The Bertz CT molecular complexity index is 511. The molecule has 0 bridgehead atoms. The van der Waals surface area contributed by atoms with E-state index in [1.807, 2.05) is 0 Å². The van der Waals surface area contributed by atoms with Crippen LogP contribution in [-0.2, 0) is 14.8 Å². The fourth-order valence-corrected chi connectivity index (χ4v) is 3.00. The van der Waals surface area contributed by atoms with Gasteiger partial charge in [0.2, 0.25) is 10.0 Å². The minimum atomic E-state index is -3.60. The molecule has 0 amide bonds. The van der Waals surface area contributed by atoms with Gasteiger partial charge in [-0.3, -0.25) is 0 Å². The largest absolute Gasteiger partial charge is 0.389 e. The van der Waals surface area contributed by atoms with Crippen LogP contribution in [0.2, 0.25) is 0 Å². The van der Waals surface area contributed by atoms with E-state index in [2.05, 4.69) is 4.72 Å². The van der Waals surface area contributed by atoms with Gasteiger partial charge in [0.1, 0.15) is 0 Å². The van der Waals surface area contributed by atoms with Gasteiger partial charge in [0, 0.05) is 26.7 Å². The van der Waals surface area contributed by atoms with Crippen molar-refractivity contribution in [2.75, 3.05) is 20.3 Å². The molecule has 0 radical (unpaired) electrons. The zero-order valence-electron chi connectivity index (χ0n) is 11.5. The van der Waals surface area contributed by atoms with E-state index < -0.39 is 15.6 Å². The maximum absolute atomic E-state index is 12.1.